The first-order valence-corrected chi connectivity index (χ1v) is 13.9. The molecule has 0 spiro atoms. The molecule has 0 amide bonds. The summed E-state index contributed by atoms with van der Waals surface area (Å²) in [5, 5.41) is 4.63. The summed E-state index contributed by atoms with van der Waals surface area (Å²) in [6.45, 7) is 7.25. The SMILES string of the molecule is CN1CCC(n2cc(-c3cnc(N)c(OCc4cccc(C#CC(C)(C)OC5CCCCO5)c4)c3)cn2)CC1. The molecule has 2 N–H and O–H groups in total. The number of pyridine rings is 1. The Morgan fingerprint density at radius 3 is 2.74 bits per heavy atom. The third kappa shape index (κ3) is 7.39. The summed E-state index contributed by atoms with van der Waals surface area (Å²) in [6.07, 6.45) is 10.9. The number of hydrogen-bond donors (Lipinski definition) is 1. The van der Waals surface area contributed by atoms with Crippen LogP contribution in [0, 0.1) is 11.8 Å². The molecule has 4 heterocycles. The molecule has 1 unspecified atom stereocenters. The van der Waals surface area contributed by atoms with Crippen molar-refractivity contribution >= 4 is 5.82 Å². The number of nitrogens with zero attached hydrogens (tertiary/aromatic N) is 4. The lowest BCUT2D eigenvalue weighted by Crippen LogP contribution is -2.33. The van der Waals surface area contributed by atoms with Gasteiger partial charge in [-0.2, -0.15) is 5.10 Å². The van der Waals surface area contributed by atoms with Crippen molar-refractivity contribution < 1.29 is 14.2 Å². The first kappa shape index (κ1) is 27.2. The largest absolute Gasteiger partial charge is 0.485 e. The molecule has 2 aliphatic rings. The number of benzene rings is 1. The molecule has 2 saturated heterocycles. The van der Waals surface area contributed by atoms with Crippen LogP contribution < -0.4 is 10.5 Å². The second kappa shape index (κ2) is 12.2. The van der Waals surface area contributed by atoms with Gasteiger partial charge in [-0.1, -0.05) is 24.0 Å². The molecule has 39 heavy (non-hydrogen) atoms. The van der Waals surface area contributed by atoms with E-state index in [2.05, 4.69) is 44.7 Å². The second-order valence-corrected chi connectivity index (χ2v) is 11.0. The number of likely N-dealkylation sites (tertiary alicyclic amines) is 1. The molecule has 206 valence electrons. The van der Waals surface area contributed by atoms with E-state index in [9.17, 15) is 0 Å². The number of aromatic nitrogens is 3. The lowest BCUT2D eigenvalue weighted by Gasteiger charge is -2.29. The quantitative estimate of drug-likeness (QED) is 0.429. The number of rotatable bonds is 7. The van der Waals surface area contributed by atoms with Gasteiger partial charge in [0.05, 0.1) is 12.2 Å². The molecule has 0 radical (unpaired) electrons. The van der Waals surface area contributed by atoms with Crippen LogP contribution in [0.5, 0.6) is 5.75 Å². The molecule has 3 aromatic rings. The number of piperidine rings is 1. The van der Waals surface area contributed by atoms with E-state index in [1.165, 1.54) is 0 Å². The van der Waals surface area contributed by atoms with Crippen molar-refractivity contribution in [3.8, 4) is 28.7 Å². The summed E-state index contributed by atoms with van der Waals surface area (Å²) in [5.74, 6) is 7.42. The zero-order chi connectivity index (χ0) is 27.2. The summed E-state index contributed by atoms with van der Waals surface area (Å²) in [5.41, 5.74) is 9.40. The zero-order valence-electron chi connectivity index (χ0n) is 23.2. The molecule has 0 aliphatic carbocycles. The van der Waals surface area contributed by atoms with Crippen molar-refractivity contribution in [2.24, 2.45) is 0 Å². The van der Waals surface area contributed by atoms with E-state index in [0.29, 0.717) is 24.2 Å². The van der Waals surface area contributed by atoms with Gasteiger partial charge in [-0.3, -0.25) is 4.68 Å². The van der Waals surface area contributed by atoms with Crippen molar-refractivity contribution in [1.82, 2.24) is 19.7 Å². The molecular weight excluding hydrogens is 490 g/mol. The van der Waals surface area contributed by atoms with Crippen LogP contribution in [-0.4, -0.2) is 58.3 Å². The molecule has 2 aromatic heterocycles. The molecule has 1 aromatic carbocycles. The zero-order valence-corrected chi connectivity index (χ0v) is 23.2. The van der Waals surface area contributed by atoms with Crippen LogP contribution in [0.25, 0.3) is 11.1 Å². The van der Waals surface area contributed by atoms with Crippen LogP contribution in [-0.2, 0) is 16.1 Å². The Morgan fingerprint density at radius 1 is 1.10 bits per heavy atom. The van der Waals surface area contributed by atoms with Crippen LogP contribution in [0.1, 0.15) is 63.1 Å². The van der Waals surface area contributed by atoms with Gasteiger partial charge in [-0.15, -0.1) is 0 Å². The monoisotopic (exact) mass is 529 g/mol. The number of ether oxygens (including phenoxy) is 3. The highest BCUT2D eigenvalue weighted by Crippen LogP contribution is 2.29. The normalized spacial score (nSPS) is 18.9. The van der Waals surface area contributed by atoms with Gasteiger partial charge in [0, 0.05) is 35.7 Å². The molecule has 0 bridgehead atoms. The van der Waals surface area contributed by atoms with Crippen molar-refractivity contribution in [2.75, 3.05) is 32.5 Å². The average molecular weight is 530 g/mol. The molecular formula is C31H39N5O3. The summed E-state index contributed by atoms with van der Waals surface area (Å²) >= 11 is 0. The molecule has 0 saturated carbocycles. The summed E-state index contributed by atoms with van der Waals surface area (Å²) < 4.78 is 20.0. The van der Waals surface area contributed by atoms with Gasteiger partial charge in [0.1, 0.15) is 12.2 Å². The van der Waals surface area contributed by atoms with E-state index in [4.69, 9.17) is 19.9 Å². The topological polar surface area (TPSA) is 87.7 Å². The number of hydrogen-bond acceptors (Lipinski definition) is 7. The van der Waals surface area contributed by atoms with Crippen LogP contribution in [0.15, 0.2) is 48.9 Å². The van der Waals surface area contributed by atoms with E-state index >= 15 is 0 Å². The van der Waals surface area contributed by atoms with E-state index in [1.54, 1.807) is 6.20 Å². The Morgan fingerprint density at radius 2 is 1.95 bits per heavy atom. The van der Waals surface area contributed by atoms with Crippen LogP contribution >= 0.6 is 0 Å². The fourth-order valence-electron chi connectivity index (χ4n) is 4.96. The van der Waals surface area contributed by atoms with Crippen LogP contribution in [0.4, 0.5) is 5.82 Å². The molecule has 5 rings (SSSR count). The lowest BCUT2D eigenvalue weighted by atomic mass is 10.1. The molecule has 2 aliphatic heterocycles. The summed E-state index contributed by atoms with van der Waals surface area (Å²) in [4.78, 5) is 6.74. The van der Waals surface area contributed by atoms with Crippen molar-refractivity contribution in [1.29, 1.82) is 0 Å². The first-order valence-electron chi connectivity index (χ1n) is 13.9. The Labute approximate surface area is 231 Å². The minimum atomic E-state index is -0.601. The third-order valence-corrected chi connectivity index (χ3v) is 7.27. The number of anilines is 1. The fourth-order valence-corrected chi connectivity index (χ4v) is 4.96. The van der Waals surface area contributed by atoms with Crippen molar-refractivity contribution in [3.05, 3.63) is 60.0 Å². The van der Waals surface area contributed by atoms with Crippen molar-refractivity contribution in [3.63, 3.8) is 0 Å². The van der Waals surface area contributed by atoms with E-state index in [-0.39, 0.29) is 6.29 Å². The highest BCUT2D eigenvalue weighted by molar-refractivity contribution is 5.65. The highest BCUT2D eigenvalue weighted by atomic mass is 16.7. The fraction of sp³-hybridized carbons (Fsp3) is 0.484. The summed E-state index contributed by atoms with van der Waals surface area (Å²) in [6, 6.07) is 10.4. The Bertz CT molecular complexity index is 1310. The van der Waals surface area contributed by atoms with Gasteiger partial charge in [-0.05, 0) is 89.9 Å². The Kier molecular flexibility index (Phi) is 8.51. The maximum absolute atomic E-state index is 6.16. The van der Waals surface area contributed by atoms with E-state index in [1.807, 2.05) is 50.4 Å². The average Bonchev–Trinajstić information content (AvgIpc) is 3.43. The minimum absolute atomic E-state index is 0.179. The minimum Gasteiger partial charge on any atom is -0.485 e. The Balaban J connectivity index is 1.22. The molecule has 1 atom stereocenters. The van der Waals surface area contributed by atoms with Gasteiger partial charge in [0.15, 0.2) is 17.9 Å². The molecule has 8 heteroatoms. The highest BCUT2D eigenvalue weighted by Gasteiger charge is 2.24. The van der Waals surface area contributed by atoms with Crippen LogP contribution in [0.3, 0.4) is 0 Å². The van der Waals surface area contributed by atoms with Gasteiger partial charge in [0.25, 0.3) is 0 Å². The molecule has 2 fully saturated rings. The maximum Gasteiger partial charge on any atom is 0.166 e. The van der Waals surface area contributed by atoms with Gasteiger partial charge < -0.3 is 24.8 Å². The van der Waals surface area contributed by atoms with E-state index in [0.717, 1.165) is 74.1 Å². The predicted octanol–water partition coefficient (Wildman–Crippen LogP) is 5.05. The van der Waals surface area contributed by atoms with Gasteiger partial charge >= 0.3 is 0 Å². The standard InChI is InChI=1S/C31H39N5O3/c1-31(2,39-29-9-4-5-16-37-29)13-10-23-7-6-8-24(17-23)22-38-28-18-25(19-33-30(28)32)26-20-34-36(21-26)27-11-14-35(3)15-12-27/h6-8,17-21,27,29H,4-5,9,11-12,14-16,22H2,1-3H3,(H2,32,33). The first-order chi connectivity index (χ1) is 18.8. The summed E-state index contributed by atoms with van der Waals surface area (Å²) in [7, 11) is 2.17. The van der Waals surface area contributed by atoms with Gasteiger partial charge in [-0.25, -0.2) is 4.98 Å². The maximum atomic E-state index is 6.16. The predicted molar refractivity (Wildman–Crippen MR) is 152 cm³/mol. The van der Waals surface area contributed by atoms with Crippen molar-refractivity contribution in [2.45, 2.75) is 70.5 Å². The lowest BCUT2D eigenvalue weighted by molar-refractivity contribution is -0.199. The second-order valence-electron chi connectivity index (χ2n) is 11.0. The number of nitrogen functional groups attached to an aromatic ring is 1. The third-order valence-electron chi connectivity index (χ3n) is 7.27. The number of nitrogens with two attached hydrogens (primary N) is 1. The van der Waals surface area contributed by atoms with Gasteiger partial charge in [0.2, 0.25) is 0 Å². The molecule has 8 nitrogen and oxygen atoms in total. The van der Waals surface area contributed by atoms with E-state index < -0.39 is 5.60 Å². The Hall–Kier alpha value is -3.38. The smallest absolute Gasteiger partial charge is 0.166 e. The van der Waals surface area contributed by atoms with Crippen LogP contribution in [0.2, 0.25) is 0 Å².